The Labute approximate surface area is 114 Å². The molecule has 0 bridgehead atoms. The molecule has 0 amide bonds. The fraction of sp³-hybridized carbons (Fsp3) is 0.692. The normalized spacial score (nSPS) is 20.9. The van der Waals surface area contributed by atoms with Crippen LogP contribution in [0.4, 0.5) is 5.95 Å². The van der Waals surface area contributed by atoms with E-state index in [1.807, 2.05) is 37.0 Å². The standard InChI is InChI=1S/C13H22N4S/c1-16(2)13-14-7-6-12(15-13)11-5-4-8-17(9-11)10-18-3/h6-7,11H,4-5,8-10H2,1-3H3. The van der Waals surface area contributed by atoms with Crippen molar-refractivity contribution in [3.05, 3.63) is 18.0 Å². The molecule has 1 atom stereocenters. The Morgan fingerprint density at radius 3 is 3.06 bits per heavy atom. The molecule has 0 N–H and O–H groups in total. The van der Waals surface area contributed by atoms with Crippen molar-refractivity contribution in [3.63, 3.8) is 0 Å². The van der Waals surface area contributed by atoms with Crippen molar-refractivity contribution in [1.29, 1.82) is 0 Å². The minimum absolute atomic E-state index is 0.563. The molecule has 1 aromatic rings. The second kappa shape index (κ2) is 6.38. The summed E-state index contributed by atoms with van der Waals surface area (Å²) in [5, 5.41) is 0. The summed E-state index contributed by atoms with van der Waals surface area (Å²) in [4.78, 5) is 13.4. The third-order valence-electron chi connectivity index (χ3n) is 3.30. The third kappa shape index (κ3) is 3.36. The van der Waals surface area contributed by atoms with E-state index in [0.29, 0.717) is 5.92 Å². The number of aromatic nitrogens is 2. The predicted octanol–water partition coefficient (Wildman–Crippen LogP) is 2.04. The van der Waals surface area contributed by atoms with Crippen LogP contribution in [0.3, 0.4) is 0 Å². The molecule has 5 heteroatoms. The number of hydrogen-bond acceptors (Lipinski definition) is 5. The lowest BCUT2D eigenvalue weighted by Crippen LogP contribution is -2.34. The molecule has 2 heterocycles. The van der Waals surface area contributed by atoms with Gasteiger partial charge in [0, 0.05) is 38.6 Å². The molecular formula is C13H22N4S. The molecule has 0 aliphatic carbocycles. The molecule has 2 rings (SSSR count). The van der Waals surface area contributed by atoms with E-state index >= 15 is 0 Å². The minimum Gasteiger partial charge on any atom is -0.347 e. The minimum atomic E-state index is 0.563. The second-order valence-electron chi connectivity index (χ2n) is 5.01. The fourth-order valence-corrected chi connectivity index (χ4v) is 3.00. The van der Waals surface area contributed by atoms with Gasteiger partial charge in [-0.2, -0.15) is 0 Å². The van der Waals surface area contributed by atoms with Crippen LogP contribution in [0.1, 0.15) is 24.5 Å². The molecule has 4 nitrogen and oxygen atoms in total. The highest BCUT2D eigenvalue weighted by atomic mass is 32.2. The summed E-state index contributed by atoms with van der Waals surface area (Å²) < 4.78 is 0. The van der Waals surface area contributed by atoms with Gasteiger partial charge >= 0.3 is 0 Å². The van der Waals surface area contributed by atoms with Crippen LogP contribution in [0.2, 0.25) is 0 Å². The van der Waals surface area contributed by atoms with Crippen molar-refractivity contribution in [3.8, 4) is 0 Å². The second-order valence-corrected chi connectivity index (χ2v) is 5.85. The maximum absolute atomic E-state index is 4.67. The van der Waals surface area contributed by atoms with Crippen molar-refractivity contribution >= 4 is 17.7 Å². The molecule has 100 valence electrons. The van der Waals surface area contributed by atoms with Gasteiger partial charge < -0.3 is 4.90 Å². The highest BCUT2D eigenvalue weighted by Gasteiger charge is 2.22. The van der Waals surface area contributed by atoms with Crippen LogP contribution in [0.15, 0.2) is 12.3 Å². The van der Waals surface area contributed by atoms with Gasteiger partial charge in [-0.15, -0.1) is 11.8 Å². The van der Waals surface area contributed by atoms with Crippen LogP contribution in [-0.2, 0) is 0 Å². The summed E-state index contributed by atoms with van der Waals surface area (Å²) in [5.74, 6) is 2.50. The van der Waals surface area contributed by atoms with E-state index in [4.69, 9.17) is 0 Å². The van der Waals surface area contributed by atoms with Gasteiger partial charge in [-0.1, -0.05) is 0 Å². The Balaban J connectivity index is 2.08. The van der Waals surface area contributed by atoms with E-state index in [9.17, 15) is 0 Å². The Hall–Kier alpha value is -0.810. The van der Waals surface area contributed by atoms with Crippen LogP contribution in [0.25, 0.3) is 0 Å². The van der Waals surface area contributed by atoms with Crippen molar-refractivity contribution in [1.82, 2.24) is 14.9 Å². The van der Waals surface area contributed by atoms with Crippen LogP contribution in [0, 0.1) is 0 Å². The molecule has 1 unspecified atom stereocenters. The highest BCUT2D eigenvalue weighted by molar-refractivity contribution is 7.98. The predicted molar refractivity (Wildman–Crippen MR) is 78.3 cm³/mol. The Kier molecular flexibility index (Phi) is 4.83. The molecule has 1 aliphatic heterocycles. The number of thioether (sulfide) groups is 1. The Morgan fingerprint density at radius 2 is 2.33 bits per heavy atom. The quantitative estimate of drug-likeness (QED) is 0.833. The molecular weight excluding hydrogens is 244 g/mol. The molecule has 1 fully saturated rings. The van der Waals surface area contributed by atoms with Crippen LogP contribution >= 0.6 is 11.8 Å². The number of anilines is 1. The molecule has 0 aromatic carbocycles. The smallest absolute Gasteiger partial charge is 0.224 e. The lowest BCUT2D eigenvalue weighted by atomic mass is 9.95. The first-order valence-electron chi connectivity index (χ1n) is 6.42. The van der Waals surface area contributed by atoms with Crippen molar-refractivity contribution in [2.45, 2.75) is 18.8 Å². The van der Waals surface area contributed by atoms with Gasteiger partial charge in [-0.3, -0.25) is 4.90 Å². The lowest BCUT2D eigenvalue weighted by molar-refractivity contribution is 0.239. The van der Waals surface area contributed by atoms with Gasteiger partial charge in [0.25, 0.3) is 0 Å². The molecule has 1 aliphatic rings. The average Bonchev–Trinajstić information content (AvgIpc) is 2.39. The van der Waals surface area contributed by atoms with E-state index in [1.165, 1.54) is 25.1 Å². The van der Waals surface area contributed by atoms with Crippen molar-refractivity contribution in [2.24, 2.45) is 0 Å². The Bertz CT molecular complexity index is 381. The largest absolute Gasteiger partial charge is 0.347 e. The van der Waals surface area contributed by atoms with Gasteiger partial charge in [-0.25, -0.2) is 9.97 Å². The zero-order valence-corrected chi connectivity index (χ0v) is 12.3. The summed E-state index contributed by atoms with van der Waals surface area (Å²) in [6.45, 7) is 2.35. The van der Waals surface area contributed by atoms with Crippen molar-refractivity contribution in [2.75, 3.05) is 44.2 Å². The van der Waals surface area contributed by atoms with Crippen LogP contribution in [-0.4, -0.2) is 54.2 Å². The number of likely N-dealkylation sites (tertiary alicyclic amines) is 1. The molecule has 1 aromatic heterocycles. The summed E-state index contributed by atoms with van der Waals surface area (Å²) in [6, 6.07) is 2.07. The van der Waals surface area contributed by atoms with E-state index in [2.05, 4.69) is 27.2 Å². The highest BCUT2D eigenvalue weighted by Crippen LogP contribution is 2.26. The van der Waals surface area contributed by atoms with E-state index < -0.39 is 0 Å². The number of hydrogen-bond donors (Lipinski definition) is 0. The summed E-state index contributed by atoms with van der Waals surface area (Å²) in [6.07, 6.45) is 6.56. The van der Waals surface area contributed by atoms with Gasteiger partial charge in [0.15, 0.2) is 0 Å². The topological polar surface area (TPSA) is 32.3 Å². The van der Waals surface area contributed by atoms with Gasteiger partial charge in [0.2, 0.25) is 5.95 Å². The lowest BCUT2D eigenvalue weighted by Gasteiger charge is -2.32. The summed E-state index contributed by atoms with van der Waals surface area (Å²) in [7, 11) is 3.97. The number of piperidine rings is 1. The van der Waals surface area contributed by atoms with Gasteiger partial charge in [0.1, 0.15) is 0 Å². The van der Waals surface area contributed by atoms with Gasteiger partial charge in [-0.05, 0) is 31.7 Å². The van der Waals surface area contributed by atoms with Crippen molar-refractivity contribution < 1.29 is 0 Å². The maximum Gasteiger partial charge on any atom is 0.224 e. The SMILES string of the molecule is CSCN1CCCC(c2ccnc(N(C)C)n2)C1. The molecule has 0 spiro atoms. The van der Waals surface area contributed by atoms with Crippen LogP contribution in [0.5, 0.6) is 0 Å². The molecule has 0 radical (unpaired) electrons. The average molecular weight is 266 g/mol. The first-order valence-corrected chi connectivity index (χ1v) is 7.81. The molecule has 1 saturated heterocycles. The molecule has 18 heavy (non-hydrogen) atoms. The van der Waals surface area contributed by atoms with Gasteiger partial charge in [0.05, 0.1) is 5.69 Å². The van der Waals surface area contributed by atoms with E-state index in [1.54, 1.807) is 0 Å². The zero-order valence-electron chi connectivity index (χ0n) is 11.5. The number of rotatable bonds is 4. The number of nitrogens with zero attached hydrogens (tertiary/aromatic N) is 4. The third-order valence-corrected chi connectivity index (χ3v) is 3.92. The van der Waals surface area contributed by atoms with Crippen LogP contribution < -0.4 is 4.90 Å². The molecule has 0 saturated carbocycles. The first-order chi connectivity index (χ1) is 8.70. The zero-order chi connectivity index (χ0) is 13.0. The summed E-state index contributed by atoms with van der Waals surface area (Å²) >= 11 is 1.90. The Morgan fingerprint density at radius 1 is 1.50 bits per heavy atom. The maximum atomic E-state index is 4.67. The van der Waals surface area contributed by atoms with E-state index in [0.717, 1.165) is 18.4 Å². The monoisotopic (exact) mass is 266 g/mol. The fourth-order valence-electron chi connectivity index (χ4n) is 2.40. The summed E-state index contributed by atoms with van der Waals surface area (Å²) in [5.41, 5.74) is 1.19. The first kappa shape index (κ1) is 13.6. The van der Waals surface area contributed by atoms with E-state index in [-0.39, 0.29) is 0 Å².